The fourth-order valence-corrected chi connectivity index (χ4v) is 3.51. The average Bonchev–Trinajstić information content (AvgIpc) is 3.25. The Morgan fingerprint density at radius 3 is 2.41 bits per heavy atom. The summed E-state index contributed by atoms with van der Waals surface area (Å²) in [5.74, 6) is 4.23. The monoisotopic (exact) mass is 236 g/mol. The summed E-state index contributed by atoms with van der Waals surface area (Å²) in [5.41, 5.74) is 0. The molecule has 3 aliphatic rings. The van der Waals surface area contributed by atoms with Crippen LogP contribution in [-0.4, -0.2) is 26.2 Å². The largest absolute Gasteiger partial charge is 0.316 e. The third-order valence-electron chi connectivity index (χ3n) is 4.96. The van der Waals surface area contributed by atoms with Crippen LogP contribution in [0.15, 0.2) is 0 Å². The van der Waals surface area contributed by atoms with Crippen molar-refractivity contribution >= 4 is 0 Å². The Bertz CT molecular complexity index is 215. The van der Waals surface area contributed by atoms with Gasteiger partial charge in [-0.3, -0.25) is 0 Å². The highest BCUT2D eigenvalue weighted by Crippen LogP contribution is 2.48. The van der Waals surface area contributed by atoms with Gasteiger partial charge < -0.3 is 10.6 Å². The van der Waals surface area contributed by atoms with E-state index in [9.17, 15) is 0 Å². The lowest BCUT2D eigenvalue weighted by molar-refractivity contribution is 0.373. The van der Waals surface area contributed by atoms with Crippen molar-refractivity contribution in [1.29, 1.82) is 0 Å². The van der Waals surface area contributed by atoms with E-state index >= 15 is 0 Å². The van der Waals surface area contributed by atoms with Crippen LogP contribution >= 0.6 is 0 Å². The lowest BCUT2D eigenvalue weighted by atomic mass is 9.97. The van der Waals surface area contributed by atoms with E-state index in [2.05, 4.69) is 10.6 Å². The summed E-state index contributed by atoms with van der Waals surface area (Å²) in [4.78, 5) is 0. The maximum atomic E-state index is 3.73. The molecule has 2 nitrogen and oxygen atoms in total. The first-order valence-electron chi connectivity index (χ1n) is 7.85. The summed E-state index contributed by atoms with van der Waals surface area (Å²) < 4.78 is 0. The van der Waals surface area contributed by atoms with Gasteiger partial charge in [0.25, 0.3) is 0 Å². The van der Waals surface area contributed by atoms with Crippen molar-refractivity contribution < 1.29 is 0 Å². The number of nitrogens with one attached hydrogen (secondary N) is 2. The highest BCUT2D eigenvalue weighted by atomic mass is 14.9. The van der Waals surface area contributed by atoms with Crippen molar-refractivity contribution in [3.8, 4) is 0 Å². The summed E-state index contributed by atoms with van der Waals surface area (Å²) in [5, 5.41) is 7.19. The molecule has 0 spiro atoms. The highest BCUT2D eigenvalue weighted by Gasteiger charge is 2.40. The Balaban J connectivity index is 1.24. The lowest BCUT2D eigenvalue weighted by Crippen LogP contribution is -2.26. The van der Waals surface area contributed by atoms with E-state index in [1.165, 1.54) is 71.1 Å². The summed E-state index contributed by atoms with van der Waals surface area (Å²) >= 11 is 0. The molecule has 1 saturated heterocycles. The van der Waals surface area contributed by atoms with Crippen LogP contribution in [0.25, 0.3) is 0 Å². The molecule has 2 aliphatic carbocycles. The predicted octanol–water partition coefficient (Wildman–Crippen LogP) is 2.40. The number of hydrogen-bond donors (Lipinski definition) is 2. The van der Waals surface area contributed by atoms with E-state index in [0.29, 0.717) is 0 Å². The first kappa shape index (κ1) is 12.0. The zero-order valence-corrected chi connectivity index (χ0v) is 11.1. The van der Waals surface area contributed by atoms with Crippen LogP contribution in [0.1, 0.15) is 44.9 Å². The highest BCUT2D eigenvalue weighted by molar-refractivity contribution is 4.92. The molecule has 2 saturated carbocycles. The standard InChI is InChI=1S/C15H28N2/c1(2-12-7-9-17-10-12)8-16-11-15(13-3-4-13)14-5-6-14/h12-17H,1-11H2. The van der Waals surface area contributed by atoms with E-state index < -0.39 is 0 Å². The molecule has 2 heteroatoms. The lowest BCUT2D eigenvalue weighted by Gasteiger charge is -2.16. The van der Waals surface area contributed by atoms with Gasteiger partial charge in [0.2, 0.25) is 0 Å². The Morgan fingerprint density at radius 1 is 1.06 bits per heavy atom. The quantitative estimate of drug-likeness (QED) is 0.632. The normalized spacial score (nSPS) is 29.1. The topological polar surface area (TPSA) is 24.1 Å². The molecule has 98 valence electrons. The van der Waals surface area contributed by atoms with E-state index in [4.69, 9.17) is 0 Å². The third kappa shape index (κ3) is 3.69. The van der Waals surface area contributed by atoms with Gasteiger partial charge in [0.15, 0.2) is 0 Å². The van der Waals surface area contributed by atoms with Gasteiger partial charge in [-0.05, 0) is 94.8 Å². The molecular formula is C15H28N2. The zero-order chi connectivity index (χ0) is 11.5. The van der Waals surface area contributed by atoms with Gasteiger partial charge in [-0.2, -0.15) is 0 Å². The van der Waals surface area contributed by atoms with Crippen LogP contribution in [-0.2, 0) is 0 Å². The minimum absolute atomic E-state index is 0.972. The van der Waals surface area contributed by atoms with E-state index in [0.717, 1.165) is 23.7 Å². The Morgan fingerprint density at radius 2 is 1.82 bits per heavy atom. The molecule has 1 aliphatic heterocycles. The maximum Gasteiger partial charge on any atom is -0.00152 e. The van der Waals surface area contributed by atoms with Crippen LogP contribution in [0.2, 0.25) is 0 Å². The first-order valence-corrected chi connectivity index (χ1v) is 7.85. The molecule has 2 N–H and O–H groups in total. The minimum Gasteiger partial charge on any atom is -0.316 e. The molecule has 0 aromatic carbocycles. The van der Waals surface area contributed by atoms with Gasteiger partial charge in [0, 0.05) is 0 Å². The second-order valence-corrected chi connectivity index (χ2v) is 6.54. The number of rotatable bonds is 8. The van der Waals surface area contributed by atoms with Crippen LogP contribution in [0.5, 0.6) is 0 Å². The first-order chi connectivity index (χ1) is 8.43. The number of hydrogen-bond acceptors (Lipinski definition) is 2. The van der Waals surface area contributed by atoms with E-state index in [1.807, 2.05) is 0 Å². The molecule has 0 amide bonds. The van der Waals surface area contributed by atoms with Crippen LogP contribution in [0.4, 0.5) is 0 Å². The molecule has 1 atom stereocenters. The SMILES string of the molecule is C(CNCC(C1CC1)C1CC1)CC1CCNC1. The molecule has 3 fully saturated rings. The Kier molecular flexibility index (Phi) is 4.02. The molecule has 17 heavy (non-hydrogen) atoms. The van der Waals surface area contributed by atoms with Crippen LogP contribution in [0.3, 0.4) is 0 Å². The maximum absolute atomic E-state index is 3.73. The van der Waals surface area contributed by atoms with Crippen molar-refractivity contribution in [1.82, 2.24) is 10.6 Å². The van der Waals surface area contributed by atoms with Crippen molar-refractivity contribution in [3.63, 3.8) is 0 Å². The smallest absolute Gasteiger partial charge is 0.00152 e. The second-order valence-electron chi connectivity index (χ2n) is 6.54. The minimum atomic E-state index is 0.972. The van der Waals surface area contributed by atoms with Gasteiger partial charge in [0.1, 0.15) is 0 Å². The van der Waals surface area contributed by atoms with Gasteiger partial charge in [-0.1, -0.05) is 0 Å². The fourth-order valence-electron chi connectivity index (χ4n) is 3.51. The third-order valence-corrected chi connectivity index (χ3v) is 4.96. The second kappa shape index (κ2) is 5.71. The van der Waals surface area contributed by atoms with Crippen molar-refractivity contribution in [2.75, 3.05) is 26.2 Å². The summed E-state index contributed by atoms with van der Waals surface area (Å²) in [6, 6.07) is 0. The van der Waals surface area contributed by atoms with Crippen LogP contribution in [0, 0.1) is 23.7 Å². The van der Waals surface area contributed by atoms with Crippen LogP contribution < -0.4 is 10.6 Å². The summed E-state index contributed by atoms with van der Waals surface area (Å²) in [6.07, 6.45) is 10.3. The molecule has 1 heterocycles. The Hall–Kier alpha value is -0.0800. The summed E-state index contributed by atoms with van der Waals surface area (Å²) in [6.45, 7) is 5.10. The van der Waals surface area contributed by atoms with Gasteiger partial charge in [-0.15, -0.1) is 0 Å². The average molecular weight is 236 g/mol. The van der Waals surface area contributed by atoms with Crippen molar-refractivity contribution in [3.05, 3.63) is 0 Å². The predicted molar refractivity (Wildman–Crippen MR) is 72.0 cm³/mol. The van der Waals surface area contributed by atoms with Gasteiger partial charge in [-0.25, -0.2) is 0 Å². The van der Waals surface area contributed by atoms with E-state index in [-0.39, 0.29) is 0 Å². The molecule has 3 rings (SSSR count). The molecule has 0 radical (unpaired) electrons. The molecule has 0 bridgehead atoms. The molecule has 0 aromatic rings. The fraction of sp³-hybridized carbons (Fsp3) is 1.00. The summed E-state index contributed by atoms with van der Waals surface area (Å²) in [7, 11) is 0. The molecule has 0 aromatic heterocycles. The van der Waals surface area contributed by atoms with Gasteiger partial charge >= 0.3 is 0 Å². The Labute approximate surface area is 106 Å². The van der Waals surface area contributed by atoms with Crippen molar-refractivity contribution in [2.45, 2.75) is 44.9 Å². The van der Waals surface area contributed by atoms with Crippen molar-refractivity contribution in [2.24, 2.45) is 23.7 Å². The molecular weight excluding hydrogens is 208 g/mol. The van der Waals surface area contributed by atoms with Gasteiger partial charge in [0.05, 0.1) is 0 Å². The van der Waals surface area contributed by atoms with E-state index in [1.54, 1.807) is 0 Å². The zero-order valence-electron chi connectivity index (χ0n) is 11.1. The molecule has 1 unspecified atom stereocenters.